The number of methoxy groups -OCH3 is 1. The molecule has 0 radical (unpaired) electrons. The van der Waals surface area contributed by atoms with Crippen molar-refractivity contribution in [3.05, 3.63) is 22.2 Å². The van der Waals surface area contributed by atoms with Crippen molar-refractivity contribution in [1.29, 1.82) is 0 Å². The SMILES string of the molecule is COCC(NCc1cc2c(cc1Br)OCO2)C(C)C. The van der Waals surface area contributed by atoms with Crippen LogP contribution in [0.15, 0.2) is 16.6 Å². The van der Waals surface area contributed by atoms with E-state index in [2.05, 4.69) is 35.1 Å². The lowest BCUT2D eigenvalue weighted by atomic mass is 10.0. The Balaban J connectivity index is 2.03. The molecule has 1 aliphatic rings. The van der Waals surface area contributed by atoms with Crippen LogP contribution in [0.4, 0.5) is 0 Å². The molecule has 1 heterocycles. The van der Waals surface area contributed by atoms with E-state index in [1.54, 1.807) is 7.11 Å². The van der Waals surface area contributed by atoms with Crippen LogP contribution >= 0.6 is 15.9 Å². The first kappa shape index (κ1) is 14.6. The molecule has 1 unspecified atom stereocenters. The number of rotatable bonds is 6. The van der Waals surface area contributed by atoms with Gasteiger partial charge in [0.05, 0.1) is 6.61 Å². The summed E-state index contributed by atoms with van der Waals surface area (Å²) in [7, 11) is 1.73. The van der Waals surface area contributed by atoms with Crippen molar-refractivity contribution in [3.8, 4) is 11.5 Å². The molecule has 4 nitrogen and oxygen atoms in total. The second-order valence-electron chi connectivity index (χ2n) is 4.98. The number of hydrogen-bond acceptors (Lipinski definition) is 4. The van der Waals surface area contributed by atoms with Crippen LogP contribution in [-0.2, 0) is 11.3 Å². The van der Waals surface area contributed by atoms with Crippen molar-refractivity contribution in [1.82, 2.24) is 5.32 Å². The lowest BCUT2D eigenvalue weighted by Crippen LogP contribution is -2.37. The molecule has 0 amide bonds. The Hall–Kier alpha value is -0.780. The van der Waals surface area contributed by atoms with Gasteiger partial charge in [-0.25, -0.2) is 0 Å². The molecule has 0 fully saturated rings. The van der Waals surface area contributed by atoms with Crippen LogP contribution in [0.5, 0.6) is 11.5 Å². The van der Waals surface area contributed by atoms with Crippen molar-refractivity contribution < 1.29 is 14.2 Å². The Kier molecular flexibility index (Phi) is 5.07. The molecule has 1 N–H and O–H groups in total. The molecule has 19 heavy (non-hydrogen) atoms. The smallest absolute Gasteiger partial charge is 0.231 e. The maximum Gasteiger partial charge on any atom is 0.231 e. The van der Waals surface area contributed by atoms with Crippen LogP contribution in [0, 0.1) is 5.92 Å². The number of benzene rings is 1. The van der Waals surface area contributed by atoms with Crippen LogP contribution in [0.25, 0.3) is 0 Å². The minimum atomic E-state index is 0.303. The largest absolute Gasteiger partial charge is 0.454 e. The van der Waals surface area contributed by atoms with Crippen LogP contribution < -0.4 is 14.8 Å². The summed E-state index contributed by atoms with van der Waals surface area (Å²) in [6, 6.07) is 4.31. The van der Waals surface area contributed by atoms with Crippen molar-refractivity contribution in [2.24, 2.45) is 5.92 Å². The molecule has 5 heteroatoms. The summed E-state index contributed by atoms with van der Waals surface area (Å²) >= 11 is 3.57. The van der Waals surface area contributed by atoms with Crippen molar-refractivity contribution in [3.63, 3.8) is 0 Å². The van der Waals surface area contributed by atoms with Gasteiger partial charge in [0.2, 0.25) is 6.79 Å². The Bertz CT molecular complexity index is 437. The van der Waals surface area contributed by atoms with Gasteiger partial charge in [0, 0.05) is 24.2 Å². The Morgan fingerprint density at radius 1 is 1.32 bits per heavy atom. The minimum Gasteiger partial charge on any atom is -0.454 e. The Labute approximate surface area is 122 Å². The first-order valence-electron chi connectivity index (χ1n) is 6.42. The third-order valence-corrected chi connectivity index (χ3v) is 3.99. The molecule has 0 aliphatic carbocycles. The van der Waals surface area contributed by atoms with Gasteiger partial charge in [0.15, 0.2) is 11.5 Å². The summed E-state index contributed by atoms with van der Waals surface area (Å²) in [4.78, 5) is 0. The van der Waals surface area contributed by atoms with E-state index in [9.17, 15) is 0 Å². The highest BCUT2D eigenvalue weighted by molar-refractivity contribution is 9.10. The molecule has 1 aromatic rings. The van der Waals surface area contributed by atoms with Crippen molar-refractivity contribution >= 4 is 15.9 Å². The normalized spacial score (nSPS) is 15.0. The van der Waals surface area contributed by atoms with E-state index >= 15 is 0 Å². The molecule has 0 bridgehead atoms. The van der Waals surface area contributed by atoms with Gasteiger partial charge in [-0.1, -0.05) is 29.8 Å². The highest BCUT2D eigenvalue weighted by atomic mass is 79.9. The number of hydrogen-bond donors (Lipinski definition) is 1. The van der Waals surface area contributed by atoms with Crippen LogP contribution in [0.2, 0.25) is 0 Å². The van der Waals surface area contributed by atoms with Crippen molar-refractivity contribution in [2.45, 2.75) is 26.4 Å². The Morgan fingerprint density at radius 2 is 2.00 bits per heavy atom. The summed E-state index contributed by atoms with van der Waals surface area (Å²) < 4.78 is 17.0. The highest BCUT2D eigenvalue weighted by Crippen LogP contribution is 2.36. The molecular weight excluding hydrogens is 310 g/mol. The second kappa shape index (κ2) is 6.59. The van der Waals surface area contributed by atoms with Crippen LogP contribution in [-0.4, -0.2) is 26.6 Å². The average molecular weight is 330 g/mol. The molecule has 0 aromatic heterocycles. The first-order chi connectivity index (χ1) is 9.11. The molecule has 106 valence electrons. The van der Waals surface area contributed by atoms with Gasteiger partial charge in [-0.2, -0.15) is 0 Å². The first-order valence-corrected chi connectivity index (χ1v) is 7.21. The van der Waals surface area contributed by atoms with Gasteiger partial charge < -0.3 is 19.5 Å². The van der Waals surface area contributed by atoms with E-state index in [1.807, 2.05) is 12.1 Å². The van der Waals surface area contributed by atoms with Gasteiger partial charge in [-0.05, 0) is 23.6 Å². The molecule has 0 saturated carbocycles. The fourth-order valence-corrected chi connectivity index (χ4v) is 2.46. The van der Waals surface area contributed by atoms with Gasteiger partial charge in [0.1, 0.15) is 0 Å². The predicted molar refractivity (Wildman–Crippen MR) is 77.6 cm³/mol. The summed E-state index contributed by atoms with van der Waals surface area (Å²) in [6.07, 6.45) is 0. The second-order valence-corrected chi connectivity index (χ2v) is 5.84. The fourth-order valence-electron chi connectivity index (χ4n) is 2.00. The van der Waals surface area contributed by atoms with E-state index in [1.165, 1.54) is 0 Å². The van der Waals surface area contributed by atoms with Crippen LogP contribution in [0.1, 0.15) is 19.4 Å². The Morgan fingerprint density at radius 3 is 2.63 bits per heavy atom. The zero-order chi connectivity index (χ0) is 13.8. The fraction of sp³-hybridized carbons (Fsp3) is 0.571. The lowest BCUT2D eigenvalue weighted by Gasteiger charge is -2.22. The molecule has 1 aromatic carbocycles. The topological polar surface area (TPSA) is 39.7 Å². The summed E-state index contributed by atoms with van der Waals surface area (Å²) in [5.74, 6) is 2.13. The summed E-state index contributed by atoms with van der Waals surface area (Å²) in [6.45, 7) is 6.15. The monoisotopic (exact) mass is 329 g/mol. The van der Waals surface area contributed by atoms with E-state index < -0.39 is 0 Å². The average Bonchev–Trinajstić information content (AvgIpc) is 2.80. The zero-order valence-corrected chi connectivity index (χ0v) is 13.1. The number of halogens is 1. The number of nitrogens with one attached hydrogen (secondary N) is 1. The van der Waals surface area contributed by atoms with Gasteiger partial charge in [-0.15, -0.1) is 0 Å². The van der Waals surface area contributed by atoms with Gasteiger partial charge in [0.25, 0.3) is 0 Å². The van der Waals surface area contributed by atoms with Gasteiger partial charge in [-0.3, -0.25) is 0 Å². The molecular formula is C14H20BrNO3. The molecule has 0 spiro atoms. The van der Waals surface area contributed by atoms with E-state index in [0.29, 0.717) is 25.4 Å². The van der Waals surface area contributed by atoms with E-state index in [0.717, 1.165) is 28.1 Å². The lowest BCUT2D eigenvalue weighted by molar-refractivity contribution is 0.146. The minimum absolute atomic E-state index is 0.303. The van der Waals surface area contributed by atoms with Crippen molar-refractivity contribution in [2.75, 3.05) is 20.5 Å². The third-order valence-electron chi connectivity index (χ3n) is 3.25. The molecule has 1 aliphatic heterocycles. The molecule has 1 atom stereocenters. The summed E-state index contributed by atoms with van der Waals surface area (Å²) in [5.41, 5.74) is 1.16. The molecule has 0 saturated heterocycles. The zero-order valence-electron chi connectivity index (χ0n) is 11.5. The third kappa shape index (κ3) is 3.61. The van der Waals surface area contributed by atoms with Crippen LogP contribution in [0.3, 0.4) is 0 Å². The van der Waals surface area contributed by atoms with Gasteiger partial charge >= 0.3 is 0 Å². The number of fused-ring (bicyclic) bond motifs is 1. The molecule has 2 rings (SSSR count). The van der Waals surface area contributed by atoms with E-state index in [4.69, 9.17) is 14.2 Å². The maximum atomic E-state index is 5.40. The summed E-state index contributed by atoms with van der Waals surface area (Å²) in [5, 5.41) is 3.52. The number of ether oxygens (including phenoxy) is 3. The predicted octanol–water partition coefficient (Wildman–Crippen LogP) is 2.94. The quantitative estimate of drug-likeness (QED) is 0.871. The highest BCUT2D eigenvalue weighted by Gasteiger charge is 2.18. The maximum absolute atomic E-state index is 5.40. The standard InChI is InChI=1S/C14H20BrNO3/c1-9(2)12(7-17-3)16-6-10-4-13-14(5-11(10)15)19-8-18-13/h4-5,9,12,16H,6-8H2,1-3H3. The van der Waals surface area contributed by atoms with E-state index in [-0.39, 0.29) is 0 Å².